The first-order valence-electron chi connectivity index (χ1n) is 10.1. The Labute approximate surface area is 155 Å². The quantitative estimate of drug-likeness (QED) is 0.303. The van der Waals surface area contributed by atoms with Crippen molar-refractivity contribution < 1.29 is 0 Å². The molecule has 0 aromatic heterocycles. The van der Waals surface area contributed by atoms with E-state index in [1.807, 2.05) is 0 Å². The molecule has 2 saturated heterocycles. The van der Waals surface area contributed by atoms with E-state index in [0.29, 0.717) is 0 Å². The van der Waals surface area contributed by atoms with Crippen LogP contribution < -0.4 is 0 Å². The van der Waals surface area contributed by atoms with Gasteiger partial charge in [0, 0.05) is 7.26 Å². The Morgan fingerprint density at radius 2 is 2.00 bits per heavy atom. The lowest BCUT2D eigenvalue weighted by atomic mass is 9.63. The van der Waals surface area contributed by atoms with Gasteiger partial charge in [-0.2, -0.15) is 0 Å². The fourth-order valence-corrected chi connectivity index (χ4v) is 11.2. The standard InChI is InChI=1S/C18H28P.C6H6/c1-3-18-17-7-5-14-12-13(2)4-6-15(14)16(17)8-9-19(18)10-11-19;1-3-5-6-4-2/h12,15-18H,2-11H2,1H3;1,4-6H,2H2/q+1;/b;6-5+. The molecule has 134 valence electrons. The van der Waals surface area contributed by atoms with Crippen LogP contribution in [0.3, 0.4) is 0 Å². The Bertz CT molecular complexity index is 610. The second-order valence-corrected chi connectivity index (χ2v) is 12.7. The molecule has 4 aliphatic rings. The third-order valence-corrected chi connectivity index (χ3v) is 12.0. The van der Waals surface area contributed by atoms with E-state index in [0.717, 1.165) is 17.8 Å². The van der Waals surface area contributed by atoms with Crippen LogP contribution in [0.25, 0.3) is 0 Å². The highest BCUT2D eigenvalue weighted by Gasteiger charge is 2.63. The van der Waals surface area contributed by atoms with Gasteiger partial charge in [-0.05, 0) is 62.4 Å². The molecule has 4 unspecified atom stereocenters. The van der Waals surface area contributed by atoms with E-state index in [2.05, 4.69) is 32.1 Å². The molecule has 1 spiro atoms. The highest BCUT2D eigenvalue weighted by Crippen LogP contribution is 2.81. The van der Waals surface area contributed by atoms with Gasteiger partial charge in [-0.25, -0.2) is 0 Å². The van der Waals surface area contributed by atoms with Gasteiger partial charge in [0.2, 0.25) is 0 Å². The Kier molecular flexibility index (Phi) is 6.07. The van der Waals surface area contributed by atoms with Crippen LogP contribution in [-0.4, -0.2) is 24.1 Å². The van der Waals surface area contributed by atoms with E-state index in [1.54, 1.807) is 48.7 Å². The van der Waals surface area contributed by atoms with Gasteiger partial charge in [0.05, 0.1) is 24.1 Å². The largest absolute Gasteiger partial charge is 0.115 e. The van der Waals surface area contributed by atoms with Crippen LogP contribution in [0.1, 0.15) is 45.4 Å². The molecule has 25 heavy (non-hydrogen) atoms. The summed E-state index contributed by atoms with van der Waals surface area (Å²) in [7, 11) is -0.382. The molecule has 1 saturated carbocycles. The molecule has 2 aliphatic carbocycles. The number of fused-ring (bicyclic) bond motifs is 3. The summed E-state index contributed by atoms with van der Waals surface area (Å²) < 4.78 is 0. The molecule has 3 fully saturated rings. The van der Waals surface area contributed by atoms with E-state index in [9.17, 15) is 0 Å². The molecule has 0 bridgehead atoms. The lowest BCUT2D eigenvalue weighted by Gasteiger charge is -2.48. The molecule has 0 nitrogen and oxygen atoms in total. The molecule has 0 aromatic rings. The summed E-state index contributed by atoms with van der Waals surface area (Å²) in [6.07, 6.45) is 25.9. The predicted molar refractivity (Wildman–Crippen MR) is 115 cm³/mol. The van der Waals surface area contributed by atoms with Crippen LogP contribution in [0.4, 0.5) is 0 Å². The summed E-state index contributed by atoms with van der Waals surface area (Å²) in [5, 5.41) is 0. The smallest absolute Gasteiger partial charge is 0.0933 e. The van der Waals surface area contributed by atoms with E-state index < -0.39 is 0 Å². The van der Waals surface area contributed by atoms with Crippen LogP contribution in [0.15, 0.2) is 48.6 Å². The van der Waals surface area contributed by atoms with Gasteiger partial charge in [0.1, 0.15) is 0 Å². The van der Waals surface area contributed by atoms with E-state index in [-0.39, 0.29) is 7.26 Å². The van der Waals surface area contributed by atoms with Crippen LogP contribution >= 0.6 is 7.26 Å². The maximum absolute atomic E-state index is 4.83. The lowest BCUT2D eigenvalue weighted by molar-refractivity contribution is 0.168. The third kappa shape index (κ3) is 3.88. The monoisotopic (exact) mass is 353 g/mol. The van der Waals surface area contributed by atoms with Crippen molar-refractivity contribution in [3.63, 3.8) is 0 Å². The summed E-state index contributed by atoms with van der Waals surface area (Å²) in [6, 6.07) is 0. The molecular weight excluding hydrogens is 319 g/mol. The summed E-state index contributed by atoms with van der Waals surface area (Å²) in [6.45, 7) is 10.1. The first-order chi connectivity index (χ1) is 12.1. The molecular formula is C24H34P+. The van der Waals surface area contributed by atoms with Crippen LogP contribution in [0, 0.1) is 30.1 Å². The Hall–Kier alpha value is -1.05. The van der Waals surface area contributed by atoms with Crippen LogP contribution in [-0.2, 0) is 0 Å². The maximum Gasteiger partial charge on any atom is 0.0933 e. The average Bonchev–Trinajstić information content (AvgIpc) is 3.40. The molecule has 0 N–H and O–H groups in total. The van der Waals surface area contributed by atoms with Gasteiger partial charge in [0.15, 0.2) is 0 Å². The van der Waals surface area contributed by atoms with Crippen molar-refractivity contribution in [2.24, 2.45) is 17.8 Å². The number of hydrogen-bond donors (Lipinski definition) is 0. The zero-order valence-corrected chi connectivity index (χ0v) is 16.8. The minimum Gasteiger partial charge on any atom is -0.115 e. The SMILES string of the molecule is C#C/C=C/C=C.C=C1C=C2CCC3C(CC[P+]4(CC4)C3CC)C2CC1. The minimum atomic E-state index is -0.382. The van der Waals surface area contributed by atoms with Crippen LogP contribution in [0.5, 0.6) is 0 Å². The first-order valence-corrected chi connectivity index (χ1v) is 12.5. The Morgan fingerprint density at radius 1 is 1.20 bits per heavy atom. The van der Waals surface area contributed by atoms with Gasteiger partial charge in [-0.15, -0.1) is 6.42 Å². The van der Waals surface area contributed by atoms with E-state index >= 15 is 0 Å². The van der Waals surface area contributed by atoms with Crippen molar-refractivity contribution in [1.82, 2.24) is 0 Å². The predicted octanol–water partition coefficient (Wildman–Crippen LogP) is 6.48. The molecule has 0 aromatic carbocycles. The molecule has 2 aliphatic heterocycles. The highest BCUT2D eigenvalue weighted by molar-refractivity contribution is 7.83. The van der Waals surface area contributed by atoms with Gasteiger partial charge in [-0.1, -0.05) is 55.4 Å². The fourth-order valence-electron chi connectivity index (χ4n) is 5.93. The van der Waals surface area contributed by atoms with Crippen molar-refractivity contribution in [2.45, 2.75) is 51.1 Å². The number of rotatable bonds is 2. The van der Waals surface area contributed by atoms with Crippen molar-refractivity contribution in [3.05, 3.63) is 48.6 Å². The fraction of sp³-hybridized carbons (Fsp3) is 0.583. The first kappa shape index (κ1) is 18.7. The van der Waals surface area contributed by atoms with E-state index in [4.69, 9.17) is 6.42 Å². The zero-order chi connectivity index (χ0) is 17.9. The molecule has 0 radical (unpaired) electrons. The van der Waals surface area contributed by atoms with Crippen molar-refractivity contribution in [3.8, 4) is 12.3 Å². The molecule has 4 atom stereocenters. The number of terminal acetylenes is 1. The molecule has 0 amide bonds. The topological polar surface area (TPSA) is 0 Å². The van der Waals surface area contributed by atoms with E-state index in [1.165, 1.54) is 43.3 Å². The normalized spacial score (nSPS) is 34.9. The molecule has 1 heteroatoms. The Balaban J connectivity index is 0.000000265. The van der Waals surface area contributed by atoms with Gasteiger partial charge < -0.3 is 0 Å². The molecule has 2 heterocycles. The molecule has 4 rings (SSSR count). The number of hydrogen-bond acceptors (Lipinski definition) is 0. The summed E-state index contributed by atoms with van der Waals surface area (Å²) in [4.78, 5) is 0. The van der Waals surface area contributed by atoms with Gasteiger partial charge >= 0.3 is 0 Å². The van der Waals surface area contributed by atoms with Crippen molar-refractivity contribution in [2.75, 3.05) is 18.5 Å². The number of allylic oxidation sites excluding steroid dienone is 6. The lowest BCUT2D eigenvalue weighted by Crippen LogP contribution is -2.41. The van der Waals surface area contributed by atoms with Gasteiger partial charge in [-0.3, -0.25) is 0 Å². The zero-order valence-electron chi connectivity index (χ0n) is 15.9. The third-order valence-electron chi connectivity index (χ3n) is 7.13. The highest BCUT2D eigenvalue weighted by atomic mass is 31.2. The summed E-state index contributed by atoms with van der Waals surface area (Å²) in [5.41, 5.74) is 4.37. The maximum atomic E-state index is 4.83. The van der Waals surface area contributed by atoms with Crippen molar-refractivity contribution >= 4 is 7.26 Å². The minimum absolute atomic E-state index is 0.382. The summed E-state index contributed by atoms with van der Waals surface area (Å²) in [5.74, 6) is 5.45. The van der Waals surface area contributed by atoms with Crippen LogP contribution in [0.2, 0.25) is 0 Å². The summed E-state index contributed by atoms with van der Waals surface area (Å²) >= 11 is 0. The second kappa shape index (κ2) is 8.10. The van der Waals surface area contributed by atoms with Gasteiger partial charge in [0.25, 0.3) is 0 Å². The second-order valence-electron chi connectivity index (χ2n) is 8.30. The average molecular weight is 354 g/mol. The Morgan fingerprint density at radius 3 is 2.60 bits per heavy atom. The van der Waals surface area contributed by atoms with Crippen molar-refractivity contribution in [1.29, 1.82) is 0 Å².